The Balaban J connectivity index is 2.36. The first kappa shape index (κ1) is 53.7. The fourth-order valence-corrected chi connectivity index (χ4v) is 6.77. The molecule has 6 atom stereocenters. The van der Waals surface area contributed by atoms with Gasteiger partial charge in [0.25, 0.3) is 0 Å². The van der Waals surface area contributed by atoms with E-state index in [9.17, 15) is 30.0 Å². The lowest BCUT2D eigenvalue weighted by Crippen LogP contribution is -2.59. The van der Waals surface area contributed by atoms with E-state index in [1.165, 1.54) is 103 Å². The summed E-state index contributed by atoms with van der Waals surface area (Å²) in [6.45, 7) is 3.35. The predicted molar refractivity (Wildman–Crippen MR) is 233 cm³/mol. The Morgan fingerprint density at radius 1 is 0.534 bits per heavy atom. The molecule has 4 N–H and O–H groups in total. The first-order chi connectivity index (χ1) is 28.3. The molecule has 1 saturated heterocycles. The molecule has 1 fully saturated rings. The SMILES string of the molecule is CCCCC/C=C/C/C=C/C/C=C/C/C=C/CCCC(=O)OC[C@@H](CO[C@H]1O[C@@H](CO)[C@@H](O)C(O)C1O)OC(=O)CCCCCCCCCCCCCCCCCC. The maximum Gasteiger partial charge on any atom is 0.306 e. The molecule has 0 aliphatic carbocycles. The molecule has 1 aliphatic rings. The molecule has 1 heterocycles. The molecule has 0 saturated carbocycles. The molecule has 0 amide bonds. The minimum Gasteiger partial charge on any atom is -0.462 e. The molecule has 10 nitrogen and oxygen atoms in total. The van der Waals surface area contributed by atoms with Crippen LogP contribution in [0, 0.1) is 0 Å². The van der Waals surface area contributed by atoms with E-state index in [2.05, 4.69) is 62.5 Å². The second-order valence-corrected chi connectivity index (χ2v) is 15.9. The van der Waals surface area contributed by atoms with Crippen molar-refractivity contribution in [2.75, 3.05) is 19.8 Å². The van der Waals surface area contributed by atoms with Gasteiger partial charge in [-0.05, 0) is 51.4 Å². The number of carbonyl (C=O) groups excluding carboxylic acids is 2. The van der Waals surface area contributed by atoms with Gasteiger partial charge < -0.3 is 39.4 Å². The van der Waals surface area contributed by atoms with Gasteiger partial charge in [-0.25, -0.2) is 0 Å². The molecule has 0 aromatic rings. The second kappa shape index (κ2) is 38.8. The summed E-state index contributed by atoms with van der Waals surface area (Å²) in [5.74, 6) is -0.869. The van der Waals surface area contributed by atoms with Gasteiger partial charge in [0.05, 0.1) is 13.2 Å². The molecule has 0 radical (unpaired) electrons. The molecule has 0 spiro atoms. The quantitative estimate of drug-likeness (QED) is 0.0269. The maximum absolute atomic E-state index is 12.8. The first-order valence-corrected chi connectivity index (χ1v) is 23.2. The van der Waals surface area contributed by atoms with E-state index in [0.717, 1.165) is 44.9 Å². The summed E-state index contributed by atoms with van der Waals surface area (Å²) in [5, 5.41) is 40.1. The zero-order chi connectivity index (χ0) is 42.3. The molecule has 0 bridgehead atoms. The van der Waals surface area contributed by atoms with Crippen molar-refractivity contribution >= 4 is 11.9 Å². The molecule has 1 aliphatic heterocycles. The highest BCUT2D eigenvalue weighted by atomic mass is 16.7. The normalized spacial score (nSPS) is 20.6. The number of esters is 2. The standard InChI is InChI=1S/C48H84O10/c1-3-5-7-9-11-13-15-17-19-21-23-24-26-28-30-32-34-36-43(50)55-39-41(40-56-48-47(54)46(53)45(52)42(38-49)58-48)57-44(51)37-35-33-31-29-27-25-22-20-18-16-14-12-10-8-6-4-2/h11,13,17,19,23-24,28,30,41-42,45-49,52-54H,3-10,12,14-16,18,20-22,25-27,29,31-40H2,1-2H3/b13-11+,19-17+,24-23+,30-28+/t41-,42-,45+,46?,47?,48-/m0/s1. The minimum absolute atomic E-state index is 0.200. The third kappa shape index (κ3) is 29.8. The Labute approximate surface area is 352 Å². The first-order valence-electron chi connectivity index (χ1n) is 23.2. The number of allylic oxidation sites excluding steroid dienone is 8. The molecule has 10 heteroatoms. The van der Waals surface area contributed by atoms with Crippen molar-refractivity contribution in [2.45, 2.75) is 224 Å². The van der Waals surface area contributed by atoms with Crippen molar-refractivity contribution in [3.05, 3.63) is 48.6 Å². The van der Waals surface area contributed by atoms with Crippen molar-refractivity contribution < 1.29 is 49.0 Å². The highest BCUT2D eigenvalue weighted by Crippen LogP contribution is 2.22. The van der Waals surface area contributed by atoms with E-state index >= 15 is 0 Å². The van der Waals surface area contributed by atoms with Crippen LogP contribution in [0.25, 0.3) is 0 Å². The number of hydrogen-bond donors (Lipinski definition) is 4. The van der Waals surface area contributed by atoms with Crippen LogP contribution in [0.15, 0.2) is 48.6 Å². The summed E-state index contributed by atoms with van der Waals surface area (Å²) >= 11 is 0. The largest absolute Gasteiger partial charge is 0.462 e. The van der Waals surface area contributed by atoms with Gasteiger partial charge in [0.15, 0.2) is 12.4 Å². The molecule has 2 unspecified atom stereocenters. The summed E-state index contributed by atoms with van der Waals surface area (Å²) in [6.07, 6.45) is 38.3. The summed E-state index contributed by atoms with van der Waals surface area (Å²) in [6, 6.07) is 0. The van der Waals surface area contributed by atoms with Crippen molar-refractivity contribution in [3.8, 4) is 0 Å². The van der Waals surface area contributed by atoms with Crippen LogP contribution in [0.2, 0.25) is 0 Å². The Morgan fingerprint density at radius 3 is 1.50 bits per heavy atom. The molecule has 0 aromatic carbocycles. The van der Waals surface area contributed by atoms with Crippen LogP contribution >= 0.6 is 0 Å². The minimum atomic E-state index is -1.60. The fourth-order valence-electron chi connectivity index (χ4n) is 6.77. The van der Waals surface area contributed by atoms with Crippen molar-refractivity contribution in [3.63, 3.8) is 0 Å². The molecular weight excluding hydrogens is 737 g/mol. The van der Waals surface area contributed by atoms with Crippen LogP contribution in [0.5, 0.6) is 0 Å². The molecule has 1 rings (SSSR count). The predicted octanol–water partition coefficient (Wildman–Crippen LogP) is 10.1. The Bertz CT molecular complexity index is 1090. The van der Waals surface area contributed by atoms with E-state index in [-0.39, 0.29) is 26.1 Å². The number of unbranched alkanes of at least 4 members (excludes halogenated alkanes) is 19. The topological polar surface area (TPSA) is 152 Å². The third-order valence-electron chi connectivity index (χ3n) is 10.5. The Kier molecular flexibility index (Phi) is 35.9. The zero-order valence-corrected chi connectivity index (χ0v) is 36.5. The molecule has 0 aromatic heterocycles. The molecular formula is C48H84O10. The van der Waals surface area contributed by atoms with Gasteiger partial charge in [-0.15, -0.1) is 0 Å². The third-order valence-corrected chi connectivity index (χ3v) is 10.5. The van der Waals surface area contributed by atoms with Crippen LogP contribution in [0.3, 0.4) is 0 Å². The number of ether oxygens (including phenoxy) is 4. The van der Waals surface area contributed by atoms with Gasteiger partial charge in [0.2, 0.25) is 0 Å². The van der Waals surface area contributed by atoms with Gasteiger partial charge in [-0.2, -0.15) is 0 Å². The average Bonchev–Trinajstić information content (AvgIpc) is 3.22. The lowest BCUT2D eigenvalue weighted by atomic mass is 9.99. The lowest BCUT2D eigenvalue weighted by Gasteiger charge is -2.39. The van der Waals surface area contributed by atoms with Crippen LogP contribution in [0.4, 0.5) is 0 Å². The van der Waals surface area contributed by atoms with E-state index in [1.54, 1.807) is 0 Å². The summed E-state index contributed by atoms with van der Waals surface area (Å²) in [5.41, 5.74) is 0. The van der Waals surface area contributed by atoms with Crippen LogP contribution in [0.1, 0.15) is 187 Å². The number of hydrogen-bond acceptors (Lipinski definition) is 10. The number of rotatable bonds is 38. The second-order valence-electron chi connectivity index (χ2n) is 15.9. The van der Waals surface area contributed by atoms with E-state index in [4.69, 9.17) is 18.9 Å². The highest BCUT2D eigenvalue weighted by Gasteiger charge is 2.44. The number of aliphatic hydroxyl groups excluding tert-OH is 4. The van der Waals surface area contributed by atoms with Crippen molar-refractivity contribution in [1.82, 2.24) is 0 Å². The zero-order valence-electron chi connectivity index (χ0n) is 36.5. The average molecular weight is 821 g/mol. The van der Waals surface area contributed by atoms with Crippen molar-refractivity contribution in [1.29, 1.82) is 0 Å². The highest BCUT2D eigenvalue weighted by molar-refractivity contribution is 5.70. The van der Waals surface area contributed by atoms with E-state index < -0.39 is 55.4 Å². The maximum atomic E-state index is 12.8. The molecule has 58 heavy (non-hydrogen) atoms. The number of aliphatic hydroxyl groups is 4. The molecule has 336 valence electrons. The summed E-state index contributed by atoms with van der Waals surface area (Å²) in [7, 11) is 0. The van der Waals surface area contributed by atoms with Crippen LogP contribution in [-0.4, -0.2) is 89.0 Å². The fraction of sp³-hybridized carbons (Fsp3) is 0.792. The smallest absolute Gasteiger partial charge is 0.306 e. The van der Waals surface area contributed by atoms with E-state index in [1.807, 2.05) is 0 Å². The Hall–Kier alpha value is -2.34. The Morgan fingerprint density at radius 2 is 0.983 bits per heavy atom. The van der Waals surface area contributed by atoms with Gasteiger partial charge in [0.1, 0.15) is 31.0 Å². The summed E-state index contributed by atoms with van der Waals surface area (Å²) in [4.78, 5) is 25.3. The van der Waals surface area contributed by atoms with Crippen molar-refractivity contribution in [2.24, 2.45) is 0 Å². The monoisotopic (exact) mass is 821 g/mol. The van der Waals surface area contributed by atoms with Crippen LogP contribution < -0.4 is 0 Å². The summed E-state index contributed by atoms with van der Waals surface area (Å²) < 4.78 is 22.1. The number of carbonyl (C=O) groups is 2. The van der Waals surface area contributed by atoms with Gasteiger partial charge in [-0.3, -0.25) is 9.59 Å². The van der Waals surface area contributed by atoms with Gasteiger partial charge in [-0.1, -0.05) is 172 Å². The van der Waals surface area contributed by atoms with Crippen LogP contribution in [-0.2, 0) is 28.5 Å². The van der Waals surface area contributed by atoms with E-state index in [0.29, 0.717) is 12.8 Å². The van der Waals surface area contributed by atoms with Gasteiger partial charge in [0, 0.05) is 12.8 Å². The lowest BCUT2D eigenvalue weighted by molar-refractivity contribution is -0.305. The van der Waals surface area contributed by atoms with Gasteiger partial charge >= 0.3 is 11.9 Å².